The Bertz CT molecular complexity index is 739. The number of aromatic nitrogens is 4. The number of aryl methyl sites for hydroxylation is 2. The zero-order valence-electron chi connectivity index (χ0n) is 13.9. The van der Waals surface area contributed by atoms with Crippen molar-refractivity contribution in [3.8, 4) is 0 Å². The molecule has 0 fully saturated rings. The van der Waals surface area contributed by atoms with Crippen molar-refractivity contribution in [2.24, 2.45) is 0 Å². The molecule has 1 N–H and O–H groups in total. The monoisotopic (exact) mass is 325 g/mol. The van der Waals surface area contributed by atoms with Crippen LogP contribution in [0.3, 0.4) is 0 Å². The largest absolute Gasteiger partial charge is 0.348 e. The number of carbonyl (C=O) groups excluding carboxylic acids is 1. The van der Waals surface area contributed by atoms with Crippen LogP contribution in [0.4, 0.5) is 0 Å². The van der Waals surface area contributed by atoms with E-state index in [1.807, 2.05) is 6.07 Å². The molecule has 1 aliphatic heterocycles. The van der Waals surface area contributed by atoms with Crippen LogP contribution in [0.2, 0.25) is 0 Å². The van der Waals surface area contributed by atoms with Gasteiger partial charge >= 0.3 is 0 Å². The number of nitrogens with one attached hydrogen (secondary N) is 1. The molecule has 3 heterocycles. The lowest BCUT2D eigenvalue weighted by Crippen LogP contribution is -2.32. The van der Waals surface area contributed by atoms with Gasteiger partial charge in [0.15, 0.2) is 5.82 Å². The van der Waals surface area contributed by atoms with Crippen LogP contribution in [0, 0.1) is 0 Å². The molecule has 6 nitrogen and oxygen atoms in total. The summed E-state index contributed by atoms with van der Waals surface area (Å²) in [6.45, 7) is 1.41. The van der Waals surface area contributed by atoms with Crippen molar-refractivity contribution in [2.45, 2.75) is 64.0 Å². The number of hydrogen-bond acceptors (Lipinski definition) is 4. The van der Waals surface area contributed by atoms with Crippen LogP contribution in [0.1, 0.15) is 60.9 Å². The first-order chi connectivity index (χ1) is 11.8. The van der Waals surface area contributed by atoms with Crippen LogP contribution in [-0.2, 0) is 30.7 Å². The summed E-state index contributed by atoms with van der Waals surface area (Å²) in [6.07, 6.45) is 9.26. The highest BCUT2D eigenvalue weighted by molar-refractivity contribution is 5.83. The highest BCUT2D eigenvalue weighted by atomic mass is 16.1. The highest BCUT2D eigenvalue weighted by Gasteiger charge is 2.27. The van der Waals surface area contributed by atoms with Gasteiger partial charge in [-0.1, -0.05) is 12.5 Å². The fourth-order valence-corrected chi connectivity index (χ4v) is 3.83. The molecule has 2 aliphatic rings. The van der Waals surface area contributed by atoms with Gasteiger partial charge in [0.2, 0.25) is 5.91 Å². The van der Waals surface area contributed by atoms with Crippen molar-refractivity contribution in [3.05, 3.63) is 41.2 Å². The molecule has 0 spiro atoms. The molecule has 24 heavy (non-hydrogen) atoms. The fourth-order valence-electron chi connectivity index (χ4n) is 3.83. The second-order valence-corrected chi connectivity index (χ2v) is 6.71. The summed E-state index contributed by atoms with van der Waals surface area (Å²) in [5.74, 6) is 1.85. The maximum Gasteiger partial charge on any atom is 0.229 e. The average Bonchev–Trinajstić information content (AvgIpc) is 2.85. The summed E-state index contributed by atoms with van der Waals surface area (Å²) >= 11 is 0. The van der Waals surface area contributed by atoms with Crippen molar-refractivity contribution in [2.75, 3.05) is 0 Å². The molecule has 0 saturated carbocycles. The molecular weight excluding hydrogens is 302 g/mol. The molecule has 6 heteroatoms. The zero-order valence-corrected chi connectivity index (χ0v) is 13.9. The van der Waals surface area contributed by atoms with Crippen LogP contribution in [0.5, 0.6) is 0 Å². The van der Waals surface area contributed by atoms with E-state index in [0.29, 0.717) is 6.54 Å². The van der Waals surface area contributed by atoms with Crippen LogP contribution in [0.25, 0.3) is 0 Å². The number of nitrogens with zero attached hydrogens (tertiary/aromatic N) is 4. The Hall–Kier alpha value is -2.24. The van der Waals surface area contributed by atoms with Crippen molar-refractivity contribution >= 4 is 5.91 Å². The smallest absolute Gasteiger partial charge is 0.229 e. The second kappa shape index (κ2) is 6.71. The molecule has 0 bridgehead atoms. The van der Waals surface area contributed by atoms with Gasteiger partial charge in [0.25, 0.3) is 0 Å². The van der Waals surface area contributed by atoms with E-state index in [-0.39, 0.29) is 11.8 Å². The first-order valence-electron chi connectivity index (χ1n) is 8.95. The first kappa shape index (κ1) is 15.3. The van der Waals surface area contributed by atoms with Gasteiger partial charge in [0, 0.05) is 19.2 Å². The summed E-state index contributed by atoms with van der Waals surface area (Å²) < 4.78 is 2.18. The van der Waals surface area contributed by atoms with Crippen molar-refractivity contribution in [1.29, 1.82) is 0 Å². The van der Waals surface area contributed by atoms with Crippen molar-refractivity contribution in [3.63, 3.8) is 0 Å². The topological polar surface area (TPSA) is 72.7 Å². The zero-order chi connectivity index (χ0) is 16.4. The standard InChI is InChI=1S/C18H23N5O/c24-18(14-8-4-6-13-7-5-10-19-17(13)14)20-12-16-22-21-15-9-2-1-3-11-23(15)16/h5,7,10,14H,1-4,6,8-9,11-12H2,(H,20,24). The van der Waals surface area contributed by atoms with E-state index in [1.165, 1.54) is 18.4 Å². The van der Waals surface area contributed by atoms with Crippen LogP contribution in [-0.4, -0.2) is 25.7 Å². The Labute approximate surface area is 141 Å². The number of hydrogen-bond donors (Lipinski definition) is 1. The van der Waals surface area contributed by atoms with E-state index in [4.69, 9.17) is 0 Å². The summed E-state index contributed by atoms with van der Waals surface area (Å²) in [5, 5.41) is 11.6. The first-order valence-corrected chi connectivity index (χ1v) is 8.95. The molecule has 1 amide bonds. The summed E-state index contributed by atoms with van der Waals surface area (Å²) in [5.41, 5.74) is 2.15. The quantitative estimate of drug-likeness (QED) is 0.938. The normalized spacial score (nSPS) is 19.9. The predicted molar refractivity (Wildman–Crippen MR) is 89.3 cm³/mol. The third kappa shape index (κ3) is 2.92. The van der Waals surface area contributed by atoms with Gasteiger partial charge in [-0.15, -0.1) is 10.2 Å². The maximum atomic E-state index is 12.7. The Morgan fingerprint density at radius 3 is 3.12 bits per heavy atom. The number of fused-ring (bicyclic) bond motifs is 2. The third-order valence-electron chi connectivity index (χ3n) is 5.12. The predicted octanol–water partition coefficient (Wildman–Crippen LogP) is 2.14. The van der Waals surface area contributed by atoms with Crippen molar-refractivity contribution in [1.82, 2.24) is 25.1 Å². The summed E-state index contributed by atoms with van der Waals surface area (Å²) in [7, 11) is 0. The number of rotatable bonds is 3. The van der Waals surface area contributed by atoms with E-state index in [2.05, 4.69) is 31.1 Å². The Balaban J connectivity index is 1.46. The van der Waals surface area contributed by atoms with Gasteiger partial charge in [-0.05, 0) is 43.7 Å². The van der Waals surface area contributed by atoms with Crippen LogP contribution < -0.4 is 5.32 Å². The van der Waals surface area contributed by atoms with Gasteiger partial charge < -0.3 is 9.88 Å². The molecule has 0 aromatic carbocycles. The molecule has 2 aromatic heterocycles. The van der Waals surface area contributed by atoms with Crippen LogP contribution >= 0.6 is 0 Å². The maximum absolute atomic E-state index is 12.7. The molecule has 1 aliphatic carbocycles. The van der Waals surface area contributed by atoms with E-state index in [9.17, 15) is 4.79 Å². The lowest BCUT2D eigenvalue weighted by Gasteiger charge is -2.23. The molecule has 1 atom stereocenters. The summed E-state index contributed by atoms with van der Waals surface area (Å²) in [4.78, 5) is 17.1. The molecule has 0 saturated heterocycles. The Morgan fingerprint density at radius 1 is 1.21 bits per heavy atom. The molecule has 4 rings (SSSR count). The molecule has 126 valence electrons. The van der Waals surface area contributed by atoms with Gasteiger partial charge in [0.05, 0.1) is 18.2 Å². The van der Waals surface area contributed by atoms with Gasteiger partial charge in [-0.2, -0.15) is 0 Å². The van der Waals surface area contributed by atoms with Gasteiger partial charge in [0.1, 0.15) is 5.82 Å². The van der Waals surface area contributed by atoms with Crippen LogP contribution in [0.15, 0.2) is 18.3 Å². The lowest BCUT2D eigenvalue weighted by atomic mass is 9.86. The number of amides is 1. The Morgan fingerprint density at radius 2 is 2.17 bits per heavy atom. The second-order valence-electron chi connectivity index (χ2n) is 6.71. The van der Waals surface area contributed by atoms with E-state index < -0.39 is 0 Å². The molecule has 0 radical (unpaired) electrons. The minimum absolute atomic E-state index is 0.0561. The lowest BCUT2D eigenvalue weighted by molar-refractivity contribution is -0.123. The minimum Gasteiger partial charge on any atom is -0.348 e. The van der Waals surface area contributed by atoms with E-state index in [0.717, 1.165) is 56.0 Å². The third-order valence-corrected chi connectivity index (χ3v) is 5.12. The fraction of sp³-hybridized carbons (Fsp3) is 0.556. The Kier molecular flexibility index (Phi) is 4.28. The number of pyridine rings is 1. The van der Waals surface area contributed by atoms with Gasteiger partial charge in [-0.25, -0.2) is 0 Å². The average molecular weight is 325 g/mol. The molecular formula is C18H23N5O. The molecule has 2 aromatic rings. The SMILES string of the molecule is O=C(NCc1nnc2n1CCCCC2)C1CCCc2cccnc21. The van der Waals surface area contributed by atoms with Gasteiger partial charge in [-0.3, -0.25) is 9.78 Å². The minimum atomic E-state index is -0.138. The highest BCUT2D eigenvalue weighted by Crippen LogP contribution is 2.29. The van der Waals surface area contributed by atoms with Crippen molar-refractivity contribution < 1.29 is 4.79 Å². The molecule has 1 unspecified atom stereocenters. The van der Waals surface area contributed by atoms with E-state index in [1.54, 1.807) is 6.20 Å². The summed E-state index contributed by atoms with van der Waals surface area (Å²) in [6, 6.07) is 4.03. The number of carbonyl (C=O) groups is 1. The van der Waals surface area contributed by atoms with E-state index >= 15 is 0 Å².